The molecule has 1 N–H and O–H groups in total. The molecule has 5 heteroatoms. The first-order chi connectivity index (χ1) is 8.86. The number of thioether (sulfide) groups is 1. The molecule has 4 nitrogen and oxygen atoms in total. The van der Waals surface area contributed by atoms with Crippen molar-refractivity contribution < 1.29 is 4.42 Å². The van der Waals surface area contributed by atoms with Crippen molar-refractivity contribution in [2.24, 2.45) is 0 Å². The van der Waals surface area contributed by atoms with Crippen LogP contribution in [0.2, 0.25) is 0 Å². The number of aromatic nitrogens is 2. The molecule has 0 radical (unpaired) electrons. The van der Waals surface area contributed by atoms with Gasteiger partial charge in [0.25, 0.3) is 0 Å². The van der Waals surface area contributed by atoms with Crippen LogP contribution in [0.15, 0.2) is 33.6 Å². The third kappa shape index (κ3) is 2.28. The predicted molar refractivity (Wildman–Crippen MR) is 70.4 cm³/mol. The third-order valence-corrected chi connectivity index (χ3v) is 4.24. The highest BCUT2D eigenvalue weighted by atomic mass is 32.2. The molecule has 0 spiro atoms. The van der Waals surface area contributed by atoms with E-state index in [1.807, 2.05) is 11.8 Å². The van der Waals surface area contributed by atoms with Gasteiger partial charge in [0.05, 0.1) is 11.8 Å². The Morgan fingerprint density at radius 1 is 1.39 bits per heavy atom. The lowest BCUT2D eigenvalue weighted by Crippen LogP contribution is -2.11. The molecule has 1 aliphatic heterocycles. The van der Waals surface area contributed by atoms with E-state index in [9.17, 15) is 0 Å². The lowest BCUT2D eigenvalue weighted by Gasteiger charge is -2.00. The van der Waals surface area contributed by atoms with Gasteiger partial charge in [0.2, 0.25) is 11.8 Å². The summed E-state index contributed by atoms with van der Waals surface area (Å²) in [6.07, 6.45) is 0.976. The highest BCUT2D eigenvalue weighted by Gasteiger charge is 2.27. The van der Waals surface area contributed by atoms with E-state index in [-0.39, 0.29) is 5.25 Å². The number of rotatable bonds is 4. The molecule has 2 heterocycles. The summed E-state index contributed by atoms with van der Waals surface area (Å²) in [5.74, 6) is 1.41. The zero-order chi connectivity index (χ0) is 12.4. The van der Waals surface area contributed by atoms with Gasteiger partial charge < -0.3 is 9.73 Å². The Labute approximate surface area is 110 Å². The Bertz CT molecular complexity index is 516. The van der Waals surface area contributed by atoms with Crippen molar-refractivity contribution in [2.75, 3.05) is 6.54 Å². The van der Waals surface area contributed by atoms with Crippen LogP contribution >= 0.6 is 11.8 Å². The molecule has 1 atom stereocenters. The molecule has 3 rings (SSSR count). The summed E-state index contributed by atoms with van der Waals surface area (Å²) in [7, 11) is 0. The summed E-state index contributed by atoms with van der Waals surface area (Å²) >= 11 is 1.81. The van der Waals surface area contributed by atoms with Crippen LogP contribution in [-0.2, 0) is 13.0 Å². The van der Waals surface area contributed by atoms with Gasteiger partial charge in [0.1, 0.15) is 0 Å². The molecule has 0 bridgehead atoms. The molecular formula is C13H15N3OS. The SMILES string of the molecule is CCNCc1nnc(C2Cc3ccccc3S2)o1. The number of fused-ring (bicyclic) bond motifs is 1. The van der Waals surface area contributed by atoms with Crippen molar-refractivity contribution in [3.8, 4) is 0 Å². The van der Waals surface area contributed by atoms with Crippen LogP contribution in [0.3, 0.4) is 0 Å². The minimum Gasteiger partial charge on any atom is -0.423 e. The van der Waals surface area contributed by atoms with Crippen molar-refractivity contribution >= 4 is 11.8 Å². The topological polar surface area (TPSA) is 51.0 Å². The van der Waals surface area contributed by atoms with E-state index >= 15 is 0 Å². The van der Waals surface area contributed by atoms with Crippen molar-refractivity contribution in [3.05, 3.63) is 41.6 Å². The predicted octanol–water partition coefficient (Wildman–Crippen LogP) is 2.57. The number of hydrogen-bond donors (Lipinski definition) is 1. The van der Waals surface area contributed by atoms with Crippen molar-refractivity contribution in [3.63, 3.8) is 0 Å². The largest absolute Gasteiger partial charge is 0.423 e. The molecule has 1 aliphatic rings. The Hall–Kier alpha value is -1.33. The van der Waals surface area contributed by atoms with Crippen LogP contribution in [0.1, 0.15) is 29.5 Å². The van der Waals surface area contributed by atoms with E-state index in [0.717, 1.165) is 18.9 Å². The van der Waals surface area contributed by atoms with Gasteiger partial charge in [0.15, 0.2) is 0 Å². The van der Waals surface area contributed by atoms with Gasteiger partial charge >= 0.3 is 0 Å². The van der Waals surface area contributed by atoms with E-state index in [4.69, 9.17) is 4.42 Å². The summed E-state index contributed by atoms with van der Waals surface area (Å²) in [5, 5.41) is 11.7. The zero-order valence-corrected chi connectivity index (χ0v) is 11.0. The smallest absolute Gasteiger partial charge is 0.230 e. The molecule has 0 saturated heterocycles. The fraction of sp³-hybridized carbons (Fsp3) is 0.385. The van der Waals surface area contributed by atoms with Gasteiger partial charge in [-0.2, -0.15) is 0 Å². The highest BCUT2D eigenvalue weighted by molar-refractivity contribution is 7.99. The second-order valence-electron chi connectivity index (χ2n) is 4.23. The van der Waals surface area contributed by atoms with Gasteiger partial charge in [-0.3, -0.25) is 0 Å². The van der Waals surface area contributed by atoms with Crippen LogP contribution in [0.25, 0.3) is 0 Å². The Morgan fingerprint density at radius 2 is 2.28 bits per heavy atom. The molecular weight excluding hydrogens is 246 g/mol. The maximum absolute atomic E-state index is 5.70. The molecule has 1 unspecified atom stereocenters. The third-order valence-electron chi connectivity index (χ3n) is 2.93. The first-order valence-electron chi connectivity index (χ1n) is 6.14. The summed E-state index contributed by atoms with van der Waals surface area (Å²) in [6.45, 7) is 3.61. The average molecular weight is 261 g/mol. The maximum Gasteiger partial charge on any atom is 0.230 e. The fourth-order valence-electron chi connectivity index (χ4n) is 2.02. The van der Waals surface area contributed by atoms with Crippen LogP contribution < -0.4 is 5.32 Å². The molecule has 1 aromatic heterocycles. The van der Waals surface area contributed by atoms with Gasteiger partial charge in [0, 0.05) is 4.90 Å². The molecule has 18 heavy (non-hydrogen) atoms. The minimum atomic E-state index is 0.269. The van der Waals surface area contributed by atoms with Gasteiger partial charge in [-0.25, -0.2) is 0 Å². The number of nitrogens with zero attached hydrogens (tertiary/aromatic N) is 2. The second-order valence-corrected chi connectivity index (χ2v) is 5.48. The van der Waals surface area contributed by atoms with Gasteiger partial charge in [-0.05, 0) is 24.6 Å². The first kappa shape index (κ1) is 11.7. The monoisotopic (exact) mass is 261 g/mol. The molecule has 0 amide bonds. The molecule has 94 valence electrons. The van der Waals surface area contributed by atoms with E-state index < -0.39 is 0 Å². The lowest BCUT2D eigenvalue weighted by atomic mass is 10.1. The average Bonchev–Trinajstić information content (AvgIpc) is 3.02. The molecule has 2 aromatic rings. The van der Waals surface area contributed by atoms with Crippen molar-refractivity contribution in [1.29, 1.82) is 0 Å². The zero-order valence-electron chi connectivity index (χ0n) is 10.2. The Balaban J connectivity index is 1.72. The number of nitrogens with one attached hydrogen (secondary N) is 1. The number of benzene rings is 1. The van der Waals surface area contributed by atoms with E-state index in [0.29, 0.717) is 12.4 Å². The fourth-order valence-corrected chi connectivity index (χ4v) is 3.25. The first-order valence-corrected chi connectivity index (χ1v) is 7.02. The van der Waals surface area contributed by atoms with Crippen molar-refractivity contribution in [1.82, 2.24) is 15.5 Å². The van der Waals surface area contributed by atoms with Crippen LogP contribution in [0.5, 0.6) is 0 Å². The van der Waals surface area contributed by atoms with Crippen molar-refractivity contribution in [2.45, 2.75) is 30.0 Å². The van der Waals surface area contributed by atoms with Gasteiger partial charge in [-0.1, -0.05) is 25.1 Å². The van der Waals surface area contributed by atoms with E-state index in [1.54, 1.807) is 0 Å². The minimum absolute atomic E-state index is 0.269. The summed E-state index contributed by atoms with van der Waals surface area (Å²) in [4.78, 5) is 1.33. The lowest BCUT2D eigenvalue weighted by molar-refractivity contribution is 0.433. The van der Waals surface area contributed by atoms with Crippen LogP contribution in [0.4, 0.5) is 0 Å². The Morgan fingerprint density at radius 3 is 3.11 bits per heavy atom. The molecule has 0 fully saturated rings. The van der Waals surface area contributed by atoms with Crippen LogP contribution in [-0.4, -0.2) is 16.7 Å². The quantitative estimate of drug-likeness (QED) is 0.916. The summed E-state index contributed by atoms with van der Waals surface area (Å²) in [6, 6.07) is 8.46. The van der Waals surface area contributed by atoms with E-state index in [1.165, 1.54) is 10.5 Å². The van der Waals surface area contributed by atoms with E-state index in [2.05, 4.69) is 46.7 Å². The Kier molecular flexibility index (Phi) is 3.34. The standard InChI is InChI=1S/C13H15N3OS/c1-2-14-8-12-15-16-13(17-12)11-7-9-5-3-4-6-10(9)18-11/h3-6,11,14H,2,7-8H2,1H3. The normalized spacial score (nSPS) is 17.9. The molecule has 0 saturated carbocycles. The summed E-state index contributed by atoms with van der Waals surface area (Å²) in [5.41, 5.74) is 1.37. The maximum atomic E-state index is 5.70. The van der Waals surface area contributed by atoms with Crippen LogP contribution in [0, 0.1) is 0 Å². The van der Waals surface area contributed by atoms with Gasteiger partial charge in [-0.15, -0.1) is 22.0 Å². The second kappa shape index (κ2) is 5.12. The summed E-state index contributed by atoms with van der Waals surface area (Å²) < 4.78 is 5.70. The highest BCUT2D eigenvalue weighted by Crippen LogP contribution is 2.45. The molecule has 0 aliphatic carbocycles. The molecule has 1 aromatic carbocycles. The number of hydrogen-bond acceptors (Lipinski definition) is 5.